The highest BCUT2D eigenvalue weighted by molar-refractivity contribution is 6.79. The summed E-state index contributed by atoms with van der Waals surface area (Å²) in [4.78, 5) is 38.4. The third-order valence-electron chi connectivity index (χ3n) is 30.8. The summed E-state index contributed by atoms with van der Waals surface area (Å²) in [6.07, 6.45) is 0. The lowest BCUT2D eigenvalue weighted by Gasteiger charge is -2.49. The number of ether oxygens (including phenoxy) is 10. The second-order valence-corrected chi connectivity index (χ2v) is 32.5. The van der Waals surface area contributed by atoms with Gasteiger partial charge in [0.25, 0.3) is 0 Å². The molecule has 0 aromatic heterocycles. The van der Waals surface area contributed by atoms with Gasteiger partial charge in [-0.05, 0) is 303 Å². The predicted octanol–water partition coefficient (Wildman–Crippen LogP) is 13.6. The van der Waals surface area contributed by atoms with E-state index in [4.69, 9.17) is 53.1 Å². The second-order valence-electron chi connectivity index (χ2n) is 32.5. The molecule has 0 radical (unpaired) electrons. The fraction of sp³-hybridized carbons (Fsp3) is 0.318. The van der Waals surface area contributed by atoms with Crippen LogP contribution in [0.5, 0.6) is 0 Å². The zero-order valence-electron chi connectivity index (χ0n) is 53.6. The molecule has 2 N–H and O–H groups in total. The molecular formula is C85H48N2O12. The van der Waals surface area contributed by atoms with Crippen molar-refractivity contribution in [3.05, 3.63) is 44.5 Å². The van der Waals surface area contributed by atoms with Gasteiger partial charge < -0.3 is 53.1 Å². The summed E-state index contributed by atoms with van der Waals surface area (Å²) in [5, 5.41) is 69.3. The Morgan fingerprint density at radius 2 is 0.475 bits per heavy atom. The van der Waals surface area contributed by atoms with Crippen LogP contribution in [0.2, 0.25) is 0 Å². The molecule has 470 valence electrons. The van der Waals surface area contributed by atoms with E-state index < -0.39 is 39.0 Å². The molecule has 24 aromatic carbocycles. The van der Waals surface area contributed by atoms with Crippen molar-refractivity contribution in [1.29, 1.82) is 0 Å². The van der Waals surface area contributed by atoms with Gasteiger partial charge in [0.15, 0.2) is 5.41 Å². The van der Waals surface area contributed by atoms with Crippen LogP contribution in [-0.2, 0) is 78.6 Å². The average Bonchev–Trinajstić information content (AvgIpc) is 1.35. The lowest BCUT2D eigenvalue weighted by molar-refractivity contribution is -0.168. The molecule has 10 aliphatic rings. The SMILES string of the molecule is COCCOCCOCCOC(=O)C1(C(=O)OCCOCCOCCOC)C23c4c5c6c7c8c4c4c2c2c9c%10c%11c%12c(c5c5c6c6c%13c%14c%15c%16c%17c(c8c8c4c4c2c2c9c9c%11c%11c%18c%12c5c%13c%18c5c%14c%12c%16c%13c%17c8c4c4c%13c8c%12c5c%11c9c8c24)C72CN(CCOCCOCCN)CC6%152)C%1013. The van der Waals surface area contributed by atoms with Gasteiger partial charge in [-0.1, -0.05) is 0 Å². The summed E-state index contributed by atoms with van der Waals surface area (Å²) in [5.41, 5.74) is 11.7. The third-order valence-corrected chi connectivity index (χ3v) is 30.8. The second kappa shape index (κ2) is 13.3. The topological polar surface area (TPSA) is 156 Å². The lowest BCUT2D eigenvalue weighted by Crippen LogP contribution is -2.51. The van der Waals surface area contributed by atoms with Crippen LogP contribution < -0.4 is 5.73 Å². The van der Waals surface area contributed by atoms with Crippen LogP contribution >= 0.6 is 0 Å². The Morgan fingerprint density at radius 1 is 0.273 bits per heavy atom. The minimum absolute atomic E-state index is 0.0412. The Bertz CT molecular complexity index is 8020. The number of hydrogen-bond donors (Lipinski definition) is 1. The summed E-state index contributed by atoms with van der Waals surface area (Å²) in [6, 6.07) is 0. The molecule has 1 saturated heterocycles. The minimum Gasteiger partial charge on any atom is -0.462 e. The third kappa shape index (κ3) is 3.41. The molecule has 4 unspecified atom stereocenters. The van der Waals surface area contributed by atoms with E-state index in [0.717, 1.165) is 19.6 Å². The first kappa shape index (κ1) is 48.1. The molecule has 1 aliphatic heterocycles. The van der Waals surface area contributed by atoms with Gasteiger partial charge in [-0.15, -0.1) is 0 Å². The standard InChI is InChI=1S/C85H48N2O12/c1-90-7-9-94-13-15-96-17-19-98-79(88)85(80(89)99-20-18-97-16-14-95-10-8-91-2)83-75-61-48-34-27-26-30-23-24-29-25-28(23)38-46-37(30)44-33(26)35-36(34)49-43-45(35)56-55(44)71-57(46)58-47(38)39-32(25)42-51-41(29)50(40(48)31(24)27)63(75)64(51)76-65-53(42)52(39)59-67-69(65)78(84(76,83)85)70-66(77(83)62(49)61)54(43)60-68(70)74(67)82(72(58)59)22-87(21-81(71,82)73(56)60)4-6-93-12-11-92-5-3-86/h3-22,86H2,1-2H3. The Kier molecular flexibility index (Phi) is 6.49. The number of esters is 2. The summed E-state index contributed by atoms with van der Waals surface area (Å²) >= 11 is 0. The van der Waals surface area contributed by atoms with E-state index in [1.165, 1.54) is 243 Å². The minimum atomic E-state index is -1.91. The van der Waals surface area contributed by atoms with Gasteiger partial charge in [-0.25, -0.2) is 0 Å². The quantitative estimate of drug-likeness (QED) is 0.0214. The van der Waals surface area contributed by atoms with Crippen molar-refractivity contribution < 1.29 is 57.0 Å². The first-order valence-electron chi connectivity index (χ1n) is 36.3. The Morgan fingerprint density at radius 3 is 0.747 bits per heavy atom. The van der Waals surface area contributed by atoms with Gasteiger partial charge >= 0.3 is 11.9 Å². The molecule has 14 heteroatoms. The van der Waals surface area contributed by atoms with Gasteiger partial charge in [0.05, 0.1) is 114 Å². The molecule has 0 bridgehead atoms. The number of rotatable bonds is 28. The molecule has 4 spiro atoms. The van der Waals surface area contributed by atoms with E-state index >= 15 is 9.59 Å². The van der Waals surface area contributed by atoms with Crippen LogP contribution in [0.4, 0.5) is 0 Å². The zero-order chi connectivity index (χ0) is 62.8. The molecule has 4 atom stereocenters. The van der Waals surface area contributed by atoms with Gasteiger partial charge in [-0.3, -0.25) is 14.5 Å². The van der Waals surface area contributed by atoms with Crippen molar-refractivity contribution in [2.75, 3.05) is 146 Å². The molecule has 1 saturated carbocycles. The van der Waals surface area contributed by atoms with E-state index in [1.807, 2.05) is 0 Å². The van der Waals surface area contributed by atoms with Crippen molar-refractivity contribution in [1.82, 2.24) is 4.90 Å². The van der Waals surface area contributed by atoms with Crippen molar-refractivity contribution in [2.45, 2.75) is 21.7 Å². The monoisotopic (exact) mass is 1290 g/mol. The van der Waals surface area contributed by atoms with Crippen LogP contribution in [-0.4, -0.2) is 163 Å². The summed E-state index contributed by atoms with van der Waals surface area (Å²) in [6.45, 7) is 8.71. The fourth-order valence-electron chi connectivity index (χ4n) is 29.9. The van der Waals surface area contributed by atoms with Crippen molar-refractivity contribution >= 4 is 270 Å². The van der Waals surface area contributed by atoms with Crippen LogP contribution in [0.1, 0.15) is 44.5 Å². The highest BCUT2D eigenvalue weighted by Crippen LogP contribution is 2.97. The summed E-state index contributed by atoms with van der Waals surface area (Å²) in [5.74, 6) is -1.02. The number of methoxy groups -OCH3 is 2. The molecule has 99 heavy (non-hydrogen) atoms. The predicted molar refractivity (Wildman–Crippen MR) is 385 cm³/mol. The normalized spacial score (nSPS) is 23.7. The maximum Gasteiger partial charge on any atom is 0.326 e. The Labute approximate surface area is 552 Å². The van der Waals surface area contributed by atoms with Gasteiger partial charge in [0.2, 0.25) is 0 Å². The smallest absolute Gasteiger partial charge is 0.326 e. The highest BCUT2D eigenvalue weighted by atomic mass is 16.6. The van der Waals surface area contributed by atoms with E-state index in [0.29, 0.717) is 85.8 Å². The highest BCUT2D eigenvalue weighted by Gasteiger charge is 3.02. The fourth-order valence-corrected chi connectivity index (χ4v) is 29.9. The summed E-state index contributed by atoms with van der Waals surface area (Å²) < 4.78 is 61.5. The maximum atomic E-state index is 17.8. The first-order valence-corrected chi connectivity index (χ1v) is 36.3. The van der Waals surface area contributed by atoms with Crippen LogP contribution in [0.25, 0.3) is 259 Å². The number of carbonyl (C=O) groups is 2. The molecule has 9 aliphatic carbocycles. The summed E-state index contributed by atoms with van der Waals surface area (Å²) in [7, 11) is 3.34. The van der Waals surface area contributed by atoms with Crippen LogP contribution in [0, 0.1) is 5.41 Å². The number of likely N-dealkylation sites (tertiary alicyclic amines) is 1. The molecular weight excluding hydrogens is 1240 g/mol. The number of nitrogens with two attached hydrogens (primary N) is 1. The average molecular weight is 1290 g/mol. The number of carbonyl (C=O) groups excluding carboxylic acids is 2. The molecule has 34 rings (SSSR count). The van der Waals surface area contributed by atoms with Crippen LogP contribution in [0.3, 0.4) is 0 Å². The first-order chi connectivity index (χ1) is 49.1. The molecule has 1 heterocycles. The molecule has 0 amide bonds. The van der Waals surface area contributed by atoms with E-state index in [2.05, 4.69) is 4.90 Å². The van der Waals surface area contributed by atoms with Crippen molar-refractivity contribution in [3.8, 4) is 0 Å². The molecule has 24 aromatic rings. The Balaban J connectivity index is 0.793. The largest absolute Gasteiger partial charge is 0.462 e. The molecule has 2 fully saturated rings. The zero-order valence-corrected chi connectivity index (χ0v) is 53.6. The van der Waals surface area contributed by atoms with E-state index in [1.54, 1.807) is 74.2 Å². The van der Waals surface area contributed by atoms with Crippen LogP contribution in [0.15, 0.2) is 0 Å². The van der Waals surface area contributed by atoms with Crippen molar-refractivity contribution in [2.24, 2.45) is 11.1 Å². The Hall–Kier alpha value is -8.74. The number of benzene rings is 16. The van der Waals surface area contributed by atoms with Crippen molar-refractivity contribution in [3.63, 3.8) is 0 Å². The van der Waals surface area contributed by atoms with Gasteiger partial charge in [0.1, 0.15) is 13.2 Å². The number of nitrogens with zero attached hydrogens (tertiary/aromatic N) is 1. The lowest BCUT2D eigenvalue weighted by atomic mass is 9.50. The van der Waals surface area contributed by atoms with E-state index in [9.17, 15) is 0 Å². The van der Waals surface area contributed by atoms with E-state index in [-0.39, 0.29) is 26.4 Å². The molecule has 14 nitrogen and oxygen atoms in total. The number of hydrogen-bond acceptors (Lipinski definition) is 14. The van der Waals surface area contributed by atoms with Gasteiger partial charge in [-0.2, -0.15) is 0 Å². The maximum absolute atomic E-state index is 17.8. The van der Waals surface area contributed by atoms with Gasteiger partial charge in [0, 0.05) is 40.4 Å².